The summed E-state index contributed by atoms with van der Waals surface area (Å²) >= 11 is 0. The van der Waals surface area contributed by atoms with Crippen molar-refractivity contribution in [3.8, 4) is 0 Å². The van der Waals surface area contributed by atoms with Gasteiger partial charge in [-0.1, -0.05) is 0 Å². The van der Waals surface area contributed by atoms with E-state index in [1.807, 2.05) is 18.5 Å². The Labute approximate surface area is 148 Å². The highest BCUT2D eigenvalue weighted by molar-refractivity contribution is 5.84. The van der Waals surface area contributed by atoms with Crippen LogP contribution >= 0.6 is 0 Å². The normalized spacial score (nSPS) is 17.8. The number of aliphatic imine (C=N–C) groups is 1. The van der Waals surface area contributed by atoms with Crippen LogP contribution in [0.1, 0.15) is 31.9 Å². The smallest absolute Gasteiger partial charge is 0.227 e. The lowest BCUT2D eigenvalue weighted by atomic mass is 9.92. The van der Waals surface area contributed by atoms with Crippen LogP contribution in [0.3, 0.4) is 0 Å². The molecule has 1 aliphatic heterocycles. The summed E-state index contributed by atoms with van der Waals surface area (Å²) in [6, 6.07) is 0.207. The van der Waals surface area contributed by atoms with E-state index < -0.39 is 5.41 Å². The van der Waals surface area contributed by atoms with Crippen LogP contribution < -0.4 is 16.0 Å². The maximum absolute atomic E-state index is 11.9. The molecule has 3 N–H and O–H groups in total. The van der Waals surface area contributed by atoms with E-state index in [0.717, 1.165) is 25.2 Å². The zero-order valence-electron chi connectivity index (χ0n) is 15.7. The SMILES string of the molecule is CN=C(NCC(C)(C)C(=O)NC)NC1CCc2nc(COC)nn2C1. The molecule has 0 radical (unpaired) electrons. The zero-order valence-corrected chi connectivity index (χ0v) is 15.7. The lowest BCUT2D eigenvalue weighted by molar-refractivity contribution is -0.128. The standard InChI is InChI=1S/C16H29N7O2/c1-16(2,14(24)17-3)10-19-15(18-4)20-11-6-7-13-21-12(9-25-5)22-23(13)8-11/h11H,6-10H2,1-5H3,(H,17,24)(H2,18,19,20). The molecule has 9 heteroatoms. The monoisotopic (exact) mass is 351 g/mol. The molecule has 25 heavy (non-hydrogen) atoms. The molecular weight excluding hydrogens is 322 g/mol. The molecule has 0 saturated heterocycles. The van der Waals surface area contributed by atoms with E-state index in [0.29, 0.717) is 24.9 Å². The van der Waals surface area contributed by atoms with Gasteiger partial charge in [0.1, 0.15) is 12.4 Å². The second-order valence-electron chi connectivity index (χ2n) is 6.83. The molecule has 1 amide bonds. The lowest BCUT2D eigenvalue weighted by Crippen LogP contribution is -2.51. The highest BCUT2D eigenvalue weighted by atomic mass is 16.5. The second kappa shape index (κ2) is 8.28. The molecule has 140 valence electrons. The molecule has 2 rings (SSSR count). The number of fused-ring (bicyclic) bond motifs is 1. The van der Waals surface area contributed by atoms with E-state index in [1.165, 1.54) is 0 Å². The third-order valence-electron chi connectivity index (χ3n) is 4.28. The van der Waals surface area contributed by atoms with Crippen LogP contribution in [0.4, 0.5) is 0 Å². The first-order chi connectivity index (χ1) is 11.9. The Kier molecular flexibility index (Phi) is 6.35. The van der Waals surface area contributed by atoms with Gasteiger partial charge in [0.2, 0.25) is 5.91 Å². The second-order valence-corrected chi connectivity index (χ2v) is 6.83. The minimum absolute atomic E-state index is 0.00829. The van der Waals surface area contributed by atoms with E-state index in [-0.39, 0.29) is 11.9 Å². The number of nitrogens with one attached hydrogen (secondary N) is 3. The van der Waals surface area contributed by atoms with Crippen LogP contribution in [0.15, 0.2) is 4.99 Å². The summed E-state index contributed by atoms with van der Waals surface area (Å²) in [6.07, 6.45) is 1.81. The highest BCUT2D eigenvalue weighted by Crippen LogP contribution is 2.15. The van der Waals surface area contributed by atoms with Crippen molar-refractivity contribution in [1.29, 1.82) is 0 Å². The Morgan fingerprint density at radius 2 is 2.24 bits per heavy atom. The van der Waals surface area contributed by atoms with Gasteiger partial charge in [-0.15, -0.1) is 0 Å². The Bertz CT molecular complexity index is 624. The van der Waals surface area contributed by atoms with E-state index in [4.69, 9.17) is 4.74 Å². The molecule has 1 aliphatic rings. The number of amides is 1. The summed E-state index contributed by atoms with van der Waals surface area (Å²) in [5.41, 5.74) is -0.521. The summed E-state index contributed by atoms with van der Waals surface area (Å²) < 4.78 is 7.02. The van der Waals surface area contributed by atoms with Gasteiger partial charge in [0.25, 0.3) is 0 Å². The minimum Gasteiger partial charge on any atom is -0.377 e. The topological polar surface area (TPSA) is 105 Å². The van der Waals surface area contributed by atoms with Crippen molar-refractivity contribution in [2.24, 2.45) is 10.4 Å². The van der Waals surface area contributed by atoms with Crippen molar-refractivity contribution >= 4 is 11.9 Å². The molecule has 0 fully saturated rings. The fourth-order valence-electron chi connectivity index (χ4n) is 2.78. The highest BCUT2D eigenvalue weighted by Gasteiger charge is 2.27. The molecular formula is C16H29N7O2. The fourth-order valence-corrected chi connectivity index (χ4v) is 2.78. The number of methoxy groups -OCH3 is 1. The largest absolute Gasteiger partial charge is 0.377 e. The van der Waals surface area contributed by atoms with Crippen molar-refractivity contribution in [1.82, 2.24) is 30.7 Å². The molecule has 0 bridgehead atoms. The summed E-state index contributed by atoms with van der Waals surface area (Å²) in [7, 11) is 5.01. The number of rotatable bonds is 6. The van der Waals surface area contributed by atoms with Gasteiger partial charge < -0.3 is 20.7 Å². The third kappa shape index (κ3) is 4.91. The number of aromatic nitrogens is 3. The number of aryl methyl sites for hydroxylation is 1. The zero-order chi connectivity index (χ0) is 18.4. The Balaban J connectivity index is 1.91. The predicted octanol–water partition coefficient (Wildman–Crippen LogP) is -0.323. The van der Waals surface area contributed by atoms with Crippen molar-refractivity contribution in [3.05, 3.63) is 11.6 Å². The Morgan fingerprint density at radius 3 is 2.88 bits per heavy atom. The molecule has 1 aromatic rings. The van der Waals surface area contributed by atoms with Crippen molar-refractivity contribution < 1.29 is 9.53 Å². The summed E-state index contributed by atoms with van der Waals surface area (Å²) in [6.45, 7) is 5.44. The van der Waals surface area contributed by atoms with Crippen LogP contribution in [-0.4, -0.2) is 60.4 Å². The summed E-state index contributed by atoms with van der Waals surface area (Å²) in [5.74, 6) is 2.38. The maximum atomic E-state index is 11.9. The van der Waals surface area contributed by atoms with Gasteiger partial charge in [-0.2, -0.15) is 5.10 Å². The molecule has 9 nitrogen and oxygen atoms in total. The maximum Gasteiger partial charge on any atom is 0.227 e. The molecule has 1 aromatic heterocycles. The van der Waals surface area contributed by atoms with Crippen molar-refractivity contribution in [3.63, 3.8) is 0 Å². The average molecular weight is 351 g/mol. The first-order valence-electron chi connectivity index (χ1n) is 8.50. The van der Waals surface area contributed by atoms with E-state index >= 15 is 0 Å². The first-order valence-corrected chi connectivity index (χ1v) is 8.50. The van der Waals surface area contributed by atoms with Crippen molar-refractivity contribution in [2.45, 2.75) is 45.9 Å². The molecule has 0 saturated carbocycles. The lowest BCUT2D eigenvalue weighted by Gasteiger charge is -2.28. The average Bonchev–Trinajstić information content (AvgIpc) is 2.99. The van der Waals surface area contributed by atoms with Gasteiger partial charge in [-0.25, -0.2) is 9.67 Å². The predicted molar refractivity (Wildman–Crippen MR) is 95.2 cm³/mol. The molecule has 1 atom stereocenters. The minimum atomic E-state index is -0.521. The third-order valence-corrected chi connectivity index (χ3v) is 4.28. The molecule has 0 aromatic carbocycles. The van der Waals surface area contributed by atoms with Crippen LogP contribution in [-0.2, 0) is 29.1 Å². The quantitative estimate of drug-likeness (QED) is 0.479. The number of hydrogen-bond donors (Lipinski definition) is 3. The van der Waals surface area contributed by atoms with Gasteiger partial charge in [0, 0.05) is 40.2 Å². The molecule has 2 heterocycles. The van der Waals surface area contributed by atoms with Gasteiger partial charge in [-0.3, -0.25) is 9.79 Å². The summed E-state index contributed by atoms with van der Waals surface area (Å²) in [5, 5.41) is 13.8. The number of carbonyl (C=O) groups excluding carboxylic acids is 1. The Hall–Kier alpha value is -2.16. The Morgan fingerprint density at radius 1 is 1.48 bits per heavy atom. The first kappa shape index (κ1) is 19.2. The van der Waals surface area contributed by atoms with Gasteiger partial charge in [-0.05, 0) is 20.3 Å². The van der Waals surface area contributed by atoms with Gasteiger partial charge >= 0.3 is 0 Å². The van der Waals surface area contributed by atoms with Crippen LogP contribution in [0, 0.1) is 5.41 Å². The number of carbonyl (C=O) groups is 1. The van der Waals surface area contributed by atoms with Crippen LogP contribution in [0.2, 0.25) is 0 Å². The molecule has 1 unspecified atom stereocenters. The van der Waals surface area contributed by atoms with E-state index in [1.54, 1.807) is 21.2 Å². The van der Waals surface area contributed by atoms with Crippen LogP contribution in [0.5, 0.6) is 0 Å². The number of hydrogen-bond acceptors (Lipinski definition) is 5. The van der Waals surface area contributed by atoms with Crippen LogP contribution in [0.25, 0.3) is 0 Å². The number of ether oxygens (including phenoxy) is 1. The number of guanidine groups is 1. The summed E-state index contributed by atoms with van der Waals surface area (Å²) in [4.78, 5) is 20.6. The van der Waals surface area contributed by atoms with E-state index in [2.05, 4.69) is 31.0 Å². The molecule has 0 aliphatic carbocycles. The fraction of sp³-hybridized carbons (Fsp3) is 0.750. The van der Waals surface area contributed by atoms with E-state index in [9.17, 15) is 4.79 Å². The van der Waals surface area contributed by atoms with Gasteiger partial charge in [0.15, 0.2) is 11.8 Å². The molecule has 0 spiro atoms. The van der Waals surface area contributed by atoms with Crippen molar-refractivity contribution in [2.75, 3.05) is 27.7 Å². The van der Waals surface area contributed by atoms with Gasteiger partial charge in [0.05, 0.1) is 12.0 Å². The number of nitrogens with zero attached hydrogens (tertiary/aromatic N) is 4.